The van der Waals surface area contributed by atoms with Gasteiger partial charge in [-0.15, -0.1) is 11.3 Å². The molecule has 1 unspecified atom stereocenters. The first-order valence-corrected chi connectivity index (χ1v) is 7.05. The summed E-state index contributed by atoms with van der Waals surface area (Å²) in [6, 6.07) is 1.91. The molecule has 3 rings (SSSR count). The van der Waals surface area contributed by atoms with Crippen molar-refractivity contribution >= 4 is 16.3 Å². The molecule has 0 saturated carbocycles. The molecule has 3 aromatic rings. The summed E-state index contributed by atoms with van der Waals surface area (Å²) in [5, 5.41) is 1.92. The third kappa shape index (κ3) is 2.21. The summed E-state index contributed by atoms with van der Waals surface area (Å²) in [4.78, 5) is 5.22. The molecule has 104 valence electrons. The second-order valence-electron chi connectivity index (χ2n) is 4.73. The Morgan fingerprint density at radius 3 is 2.95 bits per heavy atom. The maximum Gasteiger partial charge on any atom is 0.193 e. The quantitative estimate of drug-likeness (QED) is 0.805. The first-order chi connectivity index (χ1) is 9.56. The van der Waals surface area contributed by atoms with E-state index in [1.165, 1.54) is 23.5 Å². The molecule has 6 heteroatoms. The van der Waals surface area contributed by atoms with Crippen molar-refractivity contribution in [3.05, 3.63) is 58.4 Å². The Labute approximate surface area is 118 Å². The average Bonchev–Trinajstić information content (AvgIpc) is 2.95. The van der Waals surface area contributed by atoms with Crippen LogP contribution in [0, 0.1) is 18.6 Å². The fourth-order valence-corrected chi connectivity index (χ4v) is 2.94. The van der Waals surface area contributed by atoms with Crippen molar-refractivity contribution < 1.29 is 8.78 Å². The second kappa shape index (κ2) is 4.96. The molecule has 1 aromatic carbocycles. The van der Waals surface area contributed by atoms with Crippen LogP contribution in [-0.2, 0) is 6.42 Å². The van der Waals surface area contributed by atoms with Gasteiger partial charge in [-0.3, -0.25) is 4.40 Å². The number of halogens is 2. The number of rotatable bonds is 3. The van der Waals surface area contributed by atoms with Crippen LogP contribution in [0.15, 0.2) is 29.9 Å². The molecule has 0 aliphatic rings. The lowest BCUT2D eigenvalue weighted by Gasteiger charge is -2.14. The summed E-state index contributed by atoms with van der Waals surface area (Å²) < 4.78 is 29.7. The molecule has 20 heavy (non-hydrogen) atoms. The lowest BCUT2D eigenvalue weighted by atomic mass is 9.99. The first kappa shape index (κ1) is 13.2. The molecule has 2 N–H and O–H groups in total. The van der Waals surface area contributed by atoms with E-state index in [0.29, 0.717) is 12.0 Å². The Bertz CT molecular complexity index is 734. The van der Waals surface area contributed by atoms with Crippen LogP contribution in [0.5, 0.6) is 0 Å². The van der Waals surface area contributed by atoms with Crippen molar-refractivity contribution in [2.75, 3.05) is 0 Å². The third-order valence-electron chi connectivity index (χ3n) is 3.26. The predicted octanol–water partition coefficient (Wildman–Crippen LogP) is 3.22. The smallest absolute Gasteiger partial charge is 0.193 e. The van der Waals surface area contributed by atoms with Gasteiger partial charge in [-0.1, -0.05) is 6.07 Å². The Balaban J connectivity index is 1.91. The Kier molecular flexibility index (Phi) is 3.27. The van der Waals surface area contributed by atoms with E-state index in [-0.39, 0.29) is 5.56 Å². The maximum absolute atomic E-state index is 14.0. The van der Waals surface area contributed by atoms with Gasteiger partial charge in [0.05, 0.1) is 5.69 Å². The number of benzene rings is 1. The van der Waals surface area contributed by atoms with Crippen molar-refractivity contribution in [2.45, 2.75) is 19.4 Å². The largest absolute Gasteiger partial charge is 0.323 e. The Morgan fingerprint density at radius 1 is 1.40 bits per heavy atom. The molecule has 0 spiro atoms. The lowest BCUT2D eigenvalue weighted by molar-refractivity contribution is 0.518. The van der Waals surface area contributed by atoms with Crippen molar-refractivity contribution in [3.8, 4) is 0 Å². The number of hydrogen-bond acceptors (Lipinski definition) is 3. The molecule has 3 nitrogen and oxygen atoms in total. The van der Waals surface area contributed by atoms with E-state index in [0.717, 1.165) is 10.7 Å². The highest BCUT2D eigenvalue weighted by molar-refractivity contribution is 7.15. The number of nitrogens with zero attached hydrogens (tertiary/aromatic N) is 2. The second-order valence-corrected chi connectivity index (χ2v) is 5.60. The van der Waals surface area contributed by atoms with Crippen LogP contribution in [0.2, 0.25) is 0 Å². The molecule has 0 saturated heterocycles. The number of hydrogen-bond donors (Lipinski definition) is 1. The van der Waals surface area contributed by atoms with Gasteiger partial charge in [0.15, 0.2) is 4.96 Å². The van der Waals surface area contributed by atoms with Gasteiger partial charge in [0, 0.05) is 35.8 Å². The van der Waals surface area contributed by atoms with E-state index in [9.17, 15) is 8.78 Å². The fourth-order valence-electron chi connectivity index (χ4n) is 2.22. The number of aryl methyl sites for hydroxylation is 1. The van der Waals surface area contributed by atoms with E-state index in [2.05, 4.69) is 4.98 Å². The first-order valence-electron chi connectivity index (χ1n) is 6.17. The van der Waals surface area contributed by atoms with Crippen molar-refractivity contribution in [2.24, 2.45) is 5.73 Å². The fraction of sp³-hybridized carbons (Fsp3) is 0.214. The van der Waals surface area contributed by atoms with Crippen LogP contribution < -0.4 is 5.73 Å². The van der Waals surface area contributed by atoms with Gasteiger partial charge in [-0.2, -0.15) is 0 Å². The van der Waals surface area contributed by atoms with Crippen LogP contribution in [0.3, 0.4) is 0 Å². The third-order valence-corrected chi connectivity index (χ3v) is 4.03. The van der Waals surface area contributed by atoms with E-state index in [1.54, 1.807) is 6.92 Å². The molecule has 0 amide bonds. The van der Waals surface area contributed by atoms with Crippen molar-refractivity contribution in [3.63, 3.8) is 0 Å². The number of thiazole rings is 1. The molecular weight excluding hydrogens is 280 g/mol. The summed E-state index contributed by atoms with van der Waals surface area (Å²) in [6.07, 6.45) is 4.01. The standard InChI is InChI=1S/C14H13F2N3S/c1-8-2-3-10(15)12(13(8)16)11(17)6-9-7-19-4-5-20-14(19)18-9/h2-5,7,11H,6,17H2,1H3. The topological polar surface area (TPSA) is 43.3 Å². The van der Waals surface area contributed by atoms with E-state index in [4.69, 9.17) is 5.73 Å². The highest BCUT2D eigenvalue weighted by atomic mass is 32.1. The van der Waals surface area contributed by atoms with Gasteiger partial charge in [-0.25, -0.2) is 13.8 Å². The highest BCUT2D eigenvalue weighted by Gasteiger charge is 2.19. The Hall–Kier alpha value is -1.79. The van der Waals surface area contributed by atoms with Gasteiger partial charge in [0.1, 0.15) is 11.6 Å². The van der Waals surface area contributed by atoms with Crippen LogP contribution in [0.1, 0.15) is 22.9 Å². The molecule has 0 bridgehead atoms. The van der Waals surface area contributed by atoms with Crippen molar-refractivity contribution in [1.82, 2.24) is 9.38 Å². The van der Waals surface area contributed by atoms with Crippen LogP contribution in [-0.4, -0.2) is 9.38 Å². The molecule has 0 radical (unpaired) electrons. The molecule has 0 aliphatic heterocycles. The molecule has 2 heterocycles. The summed E-state index contributed by atoms with van der Waals surface area (Å²) in [7, 11) is 0. The van der Waals surface area contributed by atoms with Crippen LogP contribution in [0.25, 0.3) is 4.96 Å². The monoisotopic (exact) mass is 293 g/mol. The van der Waals surface area contributed by atoms with E-state index >= 15 is 0 Å². The van der Waals surface area contributed by atoms with Gasteiger partial charge >= 0.3 is 0 Å². The molecule has 0 fully saturated rings. The van der Waals surface area contributed by atoms with Gasteiger partial charge in [-0.05, 0) is 18.6 Å². The maximum atomic E-state index is 14.0. The van der Waals surface area contributed by atoms with Crippen LogP contribution in [0.4, 0.5) is 8.78 Å². The summed E-state index contributed by atoms with van der Waals surface area (Å²) in [6.45, 7) is 1.59. The number of aromatic nitrogens is 2. The SMILES string of the molecule is Cc1ccc(F)c(C(N)Cc2cn3ccsc3n2)c1F. The van der Waals surface area contributed by atoms with Gasteiger partial charge in [0.2, 0.25) is 0 Å². The zero-order valence-corrected chi connectivity index (χ0v) is 11.6. The molecular formula is C14H13F2N3S. The minimum Gasteiger partial charge on any atom is -0.323 e. The highest BCUT2D eigenvalue weighted by Crippen LogP contribution is 2.24. The lowest BCUT2D eigenvalue weighted by Crippen LogP contribution is -2.17. The number of imidazole rings is 1. The Morgan fingerprint density at radius 2 is 2.20 bits per heavy atom. The van der Waals surface area contributed by atoms with E-state index < -0.39 is 17.7 Å². The molecule has 1 atom stereocenters. The van der Waals surface area contributed by atoms with Crippen LogP contribution >= 0.6 is 11.3 Å². The van der Waals surface area contributed by atoms with E-state index in [1.807, 2.05) is 22.2 Å². The minimum absolute atomic E-state index is 0.0682. The zero-order chi connectivity index (χ0) is 14.3. The summed E-state index contributed by atoms with van der Waals surface area (Å²) in [5.74, 6) is -1.18. The number of nitrogens with two attached hydrogens (primary N) is 1. The van der Waals surface area contributed by atoms with Gasteiger partial charge < -0.3 is 5.73 Å². The summed E-state index contributed by atoms with van der Waals surface area (Å²) in [5.41, 5.74) is 7.01. The molecule has 0 aliphatic carbocycles. The van der Waals surface area contributed by atoms with Gasteiger partial charge in [0.25, 0.3) is 0 Å². The summed E-state index contributed by atoms with van der Waals surface area (Å²) >= 11 is 1.50. The van der Waals surface area contributed by atoms with Crippen molar-refractivity contribution in [1.29, 1.82) is 0 Å². The number of fused-ring (bicyclic) bond motifs is 1. The molecule has 2 aromatic heterocycles. The predicted molar refractivity (Wildman–Crippen MR) is 74.8 cm³/mol. The minimum atomic E-state index is -0.750. The normalized spacial score (nSPS) is 13.0. The average molecular weight is 293 g/mol. The zero-order valence-electron chi connectivity index (χ0n) is 10.8.